The number of carbonyl (C=O) groups is 1. The predicted molar refractivity (Wildman–Crippen MR) is 104 cm³/mol. The van der Waals surface area contributed by atoms with Gasteiger partial charge in [0.05, 0.1) is 23.6 Å². The summed E-state index contributed by atoms with van der Waals surface area (Å²) in [6.45, 7) is 2.77. The third-order valence-electron chi connectivity index (χ3n) is 4.26. The Hall–Kier alpha value is -3.12. The van der Waals surface area contributed by atoms with Gasteiger partial charge in [0.25, 0.3) is 5.91 Å². The lowest BCUT2D eigenvalue weighted by Crippen LogP contribution is -2.32. The first-order valence-corrected chi connectivity index (χ1v) is 8.57. The normalized spacial score (nSPS) is 12.4. The number of hydrogen-bond donors (Lipinski definition) is 2. The molecule has 3 N–H and O–H groups in total. The number of carbonyl (C=O) groups excluding carboxylic acids is 1. The number of amides is 1. The van der Waals surface area contributed by atoms with Crippen molar-refractivity contribution in [3.8, 4) is 11.1 Å². The minimum absolute atomic E-state index is 0.324. The summed E-state index contributed by atoms with van der Waals surface area (Å²) in [7, 11) is 0. The van der Waals surface area contributed by atoms with Crippen LogP contribution in [0.15, 0.2) is 67.1 Å². The van der Waals surface area contributed by atoms with Gasteiger partial charge in [0.1, 0.15) is 5.67 Å². The van der Waals surface area contributed by atoms with Crippen LogP contribution in [0.2, 0.25) is 0 Å². The zero-order valence-electron chi connectivity index (χ0n) is 15.2. The van der Waals surface area contributed by atoms with Crippen LogP contribution in [0.3, 0.4) is 0 Å². The van der Waals surface area contributed by atoms with Crippen molar-refractivity contribution in [2.45, 2.75) is 25.6 Å². The Morgan fingerprint density at radius 2 is 1.89 bits per heavy atom. The van der Waals surface area contributed by atoms with Crippen LogP contribution in [0.5, 0.6) is 0 Å². The molecule has 1 atom stereocenters. The number of nitrogens with zero attached hydrogens (tertiary/aromatic N) is 2. The van der Waals surface area contributed by atoms with E-state index in [9.17, 15) is 9.18 Å². The maximum Gasteiger partial charge on any atom is 0.255 e. The Kier molecular flexibility index (Phi) is 5.28. The van der Waals surface area contributed by atoms with Crippen LogP contribution >= 0.6 is 0 Å². The van der Waals surface area contributed by atoms with Crippen molar-refractivity contribution in [3.63, 3.8) is 0 Å². The molecule has 3 rings (SSSR count). The van der Waals surface area contributed by atoms with E-state index in [0.29, 0.717) is 16.9 Å². The zero-order chi connectivity index (χ0) is 19.4. The fourth-order valence-electron chi connectivity index (χ4n) is 2.67. The first-order chi connectivity index (χ1) is 12.9. The van der Waals surface area contributed by atoms with Gasteiger partial charge in [-0.1, -0.05) is 30.3 Å². The Labute approximate surface area is 157 Å². The molecule has 6 heteroatoms. The van der Waals surface area contributed by atoms with Gasteiger partial charge in [-0.15, -0.1) is 0 Å². The molecule has 0 bridgehead atoms. The monoisotopic (exact) mass is 364 g/mol. The van der Waals surface area contributed by atoms with E-state index >= 15 is 0 Å². The SMILES string of the molecule is CC(C)(F)C(N)c1cc(C(=O)Nc2cnccc2-c2ccccc2)ccn1. The molecule has 0 saturated heterocycles. The Bertz CT molecular complexity index is 938. The van der Waals surface area contributed by atoms with Crippen molar-refractivity contribution < 1.29 is 9.18 Å². The molecule has 5 nitrogen and oxygen atoms in total. The van der Waals surface area contributed by atoms with Crippen LogP contribution in [0.4, 0.5) is 10.1 Å². The fourth-order valence-corrected chi connectivity index (χ4v) is 2.67. The minimum atomic E-state index is -1.65. The zero-order valence-corrected chi connectivity index (χ0v) is 15.2. The van der Waals surface area contributed by atoms with Crippen molar-refractivity contribution in [3.05, 3.63) is 78.4 Å². The lowest BCUT2D eigenvalue weighted by atomic mass is 9.97. The number of alkyl halides is 1. The first kappa shape index (κ1) is 18.7. The standard InChI is InChI=1S/C21H21FN4O/c1-21(2,22)19(23)17-12-15(8-11-25-17)20(27)26-18-13-24-10-9-16(18)14-6-4-3-5-7-14/h3-13,19H,23H2,1-2H3,(H,26,27). The second kappa shape index (κ2) is 7.63. The summed E-state index contributed by atoms with van der Waals surface area (Å²) in [5.41, 5.74) is 7.35. The summed E-state index contributed by atoms with van der Waals surface area (Å²) in [5.74, 6) is -0.340. The number of nitrogens with one attached hydrogen (secondary N) is 1. The molecule has 1 unspecified atom stereocenters. The van der Waals surface area contributed by atoms with Crippen molar-refractivity contribution in [2.24, 2.45) is 5.73 Å². The summed E-state index contributed by atoms with van der Waals surface area (Å²) < 4.78 is 14.1. The Morgan fingerprint density at radius 1 is 1.15 bits per heavy atom. The van der Waals surface area contributed by atoms with E-state index in [4.69, 9.17) is 5.73 Å². The second-order valence-corrected chi connectivity index (χ2v) is 6.75. The highest BCUT2D eigenvalue weighted by atomic mass is 19.1. The molecule has 3 aromatic rings. The van der Waals surface area contributed by atoms with Crippen molar-refractivity contribution in [1.29, 1.82) is 0 Å². The maximum absolute atomic E-state index is 14.1. The molecule has 2 heterocycles. The van der Waals surface area contributed by atoms with Crippen LogP contribution in [-0.4, -0.2) is 21.5 Å². The van der Waals surface area contributed by atoms with E-state index in [0.717, 1.165) is 11.1 Å². The van der Waals surface area contributed by atoms with Crippen molar-refractivity contribution in [2.75, 3.05) is 5.32 Å². The topological polar surface area (TPSA) is 80.9 Å². The number of aromatic nitrogens is 2. The number of anilines is 1. The highest BCUT2D eigenvalue weighted by molar-refractivity contribution is 6.06. The average molecular weight is 364 g/mol. The van der Waals surface area contributed by atoms with Gasteiger partial charge in [-0.2, -0.15) is 0 Å². The predicted octanol–water partition coefficient (Wildman–Crippen LogP) is 4.14. The molecule has 0 aliphatic heterocycles. The molecule has 138 valence electrons. The van der Waals surface area contributed by atoms with Crippen LogP contribution in [-0.2, 0) is 0 Å². The molecule has 0 saturated carbocycles. The summed E-state index contributed by atoms with van der Waals surface area (Å²) in [6, 6.07) is 13.7. The molecule has 27 heavy (non-hydrogen) atoms. The van der Waals surface area contributed by atoms with E-state index in [-0.39, 0.29) is 5.91 Å². The molecule has 1 amide bonds. The summed E-state index contributed by atoms with van der Waals surface area (Å²) in [6.07, 6.45) is 4.72. The second-order valence-electron chi connectivity index (χ2n) is 6.75. The van der Waals surface area contributed by atoms with Crippen molar-refractivity contribution in [1.82, 2.24) is 9.97 Å². The van der Waals surface area contributed by atoms with Gasteiger partial charge < -0.3 is 11.1 Å². The lowest BCUT2D eigenvalue weighted by Gasteiger charge is -2.22. The van der Waals surface area contributed by atoms with Gasteiger partial charge in [0.15, 0.2) is 0 Å². The molecule has 2 aromatic heterocycles. The van der Waals surface area contributed by atoms with E-state index in [1.165, 1.54) is 26.1 Å². The number of benzene rings is 1. The highest BCUT2D eigenvalue weighted by Gasteiger charge is 2.28. The highest BCUT2D eigenvalue weighted by Crippen LogP contribution is 2.28. The van der Waals surface area contributed by atoms with Crippen LogP contribution in [0.25, 0.3) is 11.1 Å². The Morgan fingerprint density at radius 3 is 2.59 bits per heavy atom. The Balaban J connectivity index is 1.87. The van der Waals surface area contributed by atoms with Gasteiger partial charge in [-0.25, -0.2) is 4.39 Å². The smallest absolute Gasteiger partial charge is 0.255 e. The summed E-state index contributed by atoms with van der Waals surface area (Å²) >= 11 is 0. The summed E-state index contributed by atoms with van der Waals surface area (Å²) in [5, 5.41) is 2.87. The van der Waals surface area contributed by atoms with E-state index in [1.807, 2.05) is 36.4 Å². The van der Waals surface area contributed by atoms with Gasteiger partial charge in [0, 0.05) is 23.5 Å². The molecule has 0 aliphatic rings. The largest absolute Gasteiger partial charge is 0.320 e. The first-order valence-electron chi connectivity index (χ1n) is 8.57. The van der Waals surface area contributed by atoms with E-state index < -0.39 is 11.7 Å². The summed E-state index contributed by atoms with van der Waals surface area (Å²) in [4.78, 5) is 20.9. The molecule has 1 aromatic carbocycles. The lowest BCUT2D eigenvalue weighted by molar-refractivity contribution is 0.102. The molecular weight excluding hydrogens is 343 g/mol. The molecule has 0 spiro atoms. The van der Waals surface area contributed by atoms with E-state index in [1.54, 1.807) is 18.5 Å². The van der Waals surface area contributed by atoms with Gasteiger partial charge >= 0.3 is 0 Å². The number of pyridine rings is 2. The molecular formula is C21H21FN4O. The van der Waals surface area contributed by atoms with Gasteiger partial charge in [-0.05, 0) is 37.6 Å². The maximum atomic E-state index is 14.1. The molecule has 0 radical (unpaired) electrons. The molecule has 0 aliphatic carbocycles. The van der Waals surface area contributed by atoms with Gasteiger partial charge in [-0.3, -0.25) is 14.8 Å². The average Bonchev–Trinajstić information content (AvgIpc) is 2.68. The molecule has 0 fully saturated rings. The van der Waals surface area contributed by atoms with Crippen LogP contribution in [0, 0.1) is 0 Å². The van der Waals surface area contributed by atoms with Gasteiger partial charge in [0.2, 0.25) is 0 Å². The third kappa shape index (κ3) is 4.35. The quantitative estimate of drug-likeness (QED) is 0.713. The minimum Gasteiger partial charge on any atom is -0.320 e. The van der Waals surface area contributed by atoms with E-state index in [2.05, 4.69) is 15.3 Å². The fraction of sp³-hybridized carbons (Fsp3) is 0.190. The van der Waals surface area contributed by atoms with Crippen LogP contribution in [0.1, 0.15) is 35.9 Å². The van der Waals surface area contributed by atoms with Crippen LogP contribution < -0.4 is 11.1 Å². The number of rotatable bonds is 5. The van der Waals surface area contributed by atoms with Crippen molar-refractivity contribution >= 4 is 11.6 Å². The third-order valence-corrected chi connectivity index (χ3v) is 4.26. The number of hydrogen-bond acceptors (Lipinski definition) is 4. The number of halogens is 1. The number of nitrogens with two attached hydrogens (primary N) is 1.